The second-order valence-corrected chi connectivity index (χ2v) is 8.14. The van der Waals surface area contributed by atoms with Crippen molar-refractivity contribution in [2.24, 2.45) is 0 Å². The number of hydrogen-bond acceptors (Lipinski definition) is 6. The normalized spacial score (nSPS) is 14.1. The molecule has 1 aliphatic heterocycles. The molecule has 0 bridgehead atoms. The second kappa shape index (κ2) is 11.6. The van der Waals surface area contributed by atoms with Crippen LogP contribution in [0.5, 0.6) is 0 Å². The number of alkyl halides is 3. The Morgan fingerprint density at radius 3 is 2.14 bits per heavy atom. The van der Waals surface area contributed by atoms with Gasteiger partial charge in [-0.25, -0.2) is 18.6 Å². The summed E-state index contributed by atoms with van der Waals surface area (Å²) in [6.07, 6.45) is -4.60. The van der Waals surface area contributed by atoms with Crippen molar-refractivity contribution in [3.8, 4) is 0 Å². The molecule has 0 spiro atoms. The number of hydrogen-bond donors (Lipinski definition) is 3. The maximum Gasteiger partial charge on any atom is 0.433 e. The van der Waals surface area contributed by atoms with E-state index in [2.05, 4.69) is 25.5 Å². The summed E-state index contributed by atoms with van der Waals surface area (Å²) in [5.41, 5.74) is 5.99. The smallest absolute Gasteiger partial charge is 0.368 e. The Morgan fingerprint density at radius 1 is 0.892 bits per heavy atom. The van der Waals surface area contributed by atoms with Gasteiger partial charge >= 0.3 is 12.2 Å². The first kappa shape index (κ1) is 27.9. The highest BCUT2D eigenvalue weighted by molar-refractivity contribution is 5.99. The average molecular weight is 544 g/mol. The van der Waals surface area contributed by atoms with Crippen LogP contribution in [0.3, 0.4) is 0 Å². The van der Waals surface area contributed by atoms with E-state index < -0.39 is 35.5 Å². The standard InChI is InChI=1S/C23H22F5N7O.ClH/c24-17-6-5-16(11-18(17)25)31-22(36)30-15-3-1-14(2-4-15)13-34-7-9-35(10-8-34)20-12-19(23(26,27)28)32-21(29)33-20;/h1-6,11-12H,7-10,13H2,(H2,29,32,33)(H2,30,31,36);1H. The zero-order valence-corrected chi connectivity index (χ0v) is 20.0. The van der Waals surface area contributed by atoms with Gasteiger partial charge in [0.05, 0.1) is 0 Å². The number of nitrogens with two attached hydrogens (primary N) is 1. The quantitative estimate of drug-likeness (QED) is 0.402. The van der Waals surface area contributed by atoms with Gasteiger partial charge in [-0.05, 0) is 29.8 Å². The second-order valence-electron chi connectivity index (χ2n) is 8.14. The van der Waals surface area contributed by atoms with Crippen molar-refractivity contribution in [3.05, 3.63) is 71.4 Å². The maximum absolute atomic E-state index is 13.3. The molecule has 2 heterocycles. The third-order valence-corrected chi connectivity index (χ3v) is 5.51. The zero-order valence-electron chi connectivity index (χ0n) is 19.2. The number of nitrogens with one attached hydrogen (secondary N) is 2. The first-order valence-corrected chi connectivity index (χ1v) is 10.9. The van der Waals surface area contributed by atoms with Crippen molar-refractivity contribution in [2.45, 2.75) is 12.7 Å². The third kappa shape index (κ3) is 7.40. The van der Waals surface area contributed by atoms with Crippen LogP contribution >= 0.6 is 12.4 Å². The van der Waals surface area contributed by atoms with Gasteiger partial charge in [0.2, 0.25) is 5.95 Å². The van der Waals surface area contributed by atoms with E-state index in [9.17, 15) is 26.7 Å². The molecule has 0 radical (unpaired) electrons. The average Bonchev–Trinajstić information content (AvgIpc) is 2.82. The SMILES string of the molecule is Cl.Nc1nc(N2CCN(Cc3ccc(NC(=O)Nc4ccc(F)c(F)c4)cc3)CC2)cc(C(F)(F)F)n1. The molecule has 0 aliphatic carbocycles. The van der Waals surface area contributed by atoms with Crippen LogP contribution in [0.1, 0.15) is 11.3 Å². The van der Waals surface area contributed by atoms with Gasteiger partial charge in [-0.1, -0.05) is 12.1 Å². The summed E-state index contributed by atoms with van der Waals surface area (Å²) in [5.74, 6) is -2.35. The molecular weight excluding hydrogens is 521 g/mol. The summed E-state index contributed by atoms with van der Waals surface area (Å²) >= 11 is 0. The van der Waals surface area contributed by atoms with Crippen molar-refractivity contribution in [3.63, 3.8) is 0 Å². The molecular formula is C23H23ClF5N7O. The van der Waals surface area contributed by atoms with Crippen molar-refractivity contribution in [1.82, 2.24) is 14.9 Å². The van der Waals surface area contributed by atoms with Gasteiger partial charge in [-0.3, -0.25) is 4.90 Å². The van der Waals surface area contributed by atoms with Gasteiger partial charge in [0, 0.05) is 56.2 Å². The Balaban J connectivity index is 0.00000380. The van der Waals surface area contributed by atoms with Gasteiger partial charge in [-0.15, -0.1) is 12.4 Å². The Kier molecular flexibility index (Phi) is 8.71. The van der Waals surface area contributed by atoms with Crippen LogP contribution < -0.4 is 21.3 Å². The molecule has 0 saturated carbocycles. The lowest BCUT2D eigenvalue weighted by Crippen LogP contribution is -2.46. The van der Waals surface area contributed by atoms with Gasteiger partial charge in [0.15, 0.2) is 17.3 Å². The number of aromatic nitrogens is 2. The minimum Gasteiger partial charge on any atom is -0.368 e. The molecule has 14 heteroatoms. The van der Waals surface area contributed by atoms with E-state index in [1.165, 1.54) is 6.07 Å². The molecule has 37 heavy (non-hydrogen) atoms. The summed E-state index contributed by atoms with van der Waals surface area (Å²) in [6.45, 7) is 2.74. The van der Waals surface area contributed by atoms with E-state index >= 15 is 0 Å². The molecule has 4 rings (SSSR count). The minimum atomic E-state index is -4.60. The topological polar surface area (TPSA) is 99.4 Å². The van der Waals surface area contributed by atoms with Crippen molar-refractivity contribution >= 4 is 41.6 Å². The van der Waals surface area contributed by atoms with Crippen molar-refractivity contribution in [1.29, 1.82) is 0 Å². The number of piperazine rings is 1. The number of rotatable bonds is 5. The summed E-state index contributed by atoms with van der Waals surface area (Å²) in [4.78, 5) is 23.2. The Hall–Kier alpha value is -3.71. The van der Waals surface area contributed by atoms with Crippen LogP contribution in [0.15, 0.2) is 48.5 Å². The molecule has 8 nitrogen and oxygen atoms in total. The maximum atomic E-state index is 13.3. The number of amides is 2. The molecule has 2 aromatic carbocycles. The number of halogens is 6. The molecule has 2 amide bonds. The number of nitrogen functional groups attached to an aromatic ring is 1. The minimum absolute atomic E-state index is 0. The number of carbonyl (C=O) groups excluding carboxylic acids is 1. The molecule has 1 fully saturated rings. The summed E-state index contributed by atoms with van der Waals surface area (Å²) in [7, 11) is 0. The monoisotopic (exact) mass is 543 g/mol. The lowest BCUT2D eigenvalue weighted by atomic mass is 10.1. The molecule has 1 saturated heterocycles. The highest BCUT2D eigenvalue weighted by Gasteiger charge is 2.34. The molecule has 1 aromatic heterocycles. The van der Waals surface area contributed by atoms with Gasteiger partial charge in [0.1, 0.15) is 5.82 Å². The largest absolute Gasteiger partial charge is 0.433 e. The molecule has 198 valence electrons. The number of benzene rings is 2. The lowest BCUT2D eigenvalue weighted by molar-refractivity contribution is -0.141. The first-order valence-electron chi connectivity index (χ1n) is 10.9. The fourth-order valence-electron chi connectivity index (χ4n) is 3.71. The van der Waals surface area contributed by atoms with Gasteiger partial charge < -0.3 is 21.3 Å². The Labute approximate surface area is 215 Å². The summed E-state index contributed by atoms with van der Waals surface area (Å²) < 4.78 is 65.3. The van der Waals surface area contributed by atoms with Gasteiger partial charge in [0.25, 0.3) is 0 Å². The molecule has 3 aromatic rings. The number of nitrogens with zero attached hydrogens (tertiary/aromatic N) is 4. The number of carbonyl (C=O) groups is 1. The Morgan fingerprint density at radius 2 is 1.51 bits per heavy atom. The fraction of sp³-hybridized carbons (Fsp3) is 0.261. The lowest BCUT2D eigenvalue weighted by Gasteiger charge is -2.35. The van der Waals surface area contributed by atoms with E-state index in [0.717, 1.165) is 23.8 Å². The van der Waals surface area contributed by atoms with Crippen LogP contribution in [0, 0.1) is 11.6 Å². The predicted octanol–water partition coefficient (Wildman–Crippen LogP) is 4.74. The fourth-order valence-corrected chi connectivity index (χ4v) is 3.71. The van der Waals surface area contributed by atoms with E-state index in [-0.39, 0.29) is 23.9 Å². The van der Waals surface area contributed by atoms with E-state index in [1.807, 2.05) is 12.1 Å². The van der Waals surface area contributed by atoms with Crippen LogP contribution in [0.4, 0.5) is 49.9 Å². The molecule has 0 unspecified atom stereocenters. The molecule has 4 N–H and O–H groups in total. The van der Waals surface area contributed by atoms with Crippen molar-refractivity contribution < 1.29 is 26.7 Å². The summed E-state index contributed by atoms with van der Waals surface area (Å²) in [6, 6.07) is 10.4. The molecule has 1 aliphatic rings. The highest BCUT2D eigenvalue weighted by atomic mass is 35.5. The van der Waals surface area contributed by atoms with E-state index in [0.29, 0.717) is 38.4 Å². The van der Waals surface area contributed by atoms with Crippen LogP contribution in [0.2, 0.25) is 0 Å². The highest BCUT2D eigenvalue weighted by Crippen LogP contribution is 2.30. The number of anilines is 4. The van der Waals surface area contributed by atoms with Crippen molar-refractivity contribution in [2.75, 3.05) is 47.4 Å². The summed E-state index contributed by atoms with van der Waals surface area (Å²) in [5, 5.41) is 5.03. The number of urea groups is 1. The van der Waals surface area contributed by atoms with E-state index in [1.54, 1.807) is 17.0 Å². The predicted molar refractivity (Wildman–Crippen MR) is 132 cm³/mol. The third-order valence-electron chi connectivity index (χ3n) is 5.51. The Bertz CT molecular complexity index is 1240. The van der Waals surface area contributed by atoms with Crippen LogP contribution in [0.25, 0.3) is 0 Å². The molecule has 0 atom stereocenters. The van der Waals surface area contributed by atoms with Gasteiger partial charge in [-0.2, -0.15) is 18.2 Å². The van der Waals surface area contributed by atoms with E-state index in [4.69, 9.17) is 5.73 Å². The van der Waals surface area contributed by atoms with Crippen LogP contribution in [-0.2, 0) is 12.7 Å². The first-order chi connectivity index (χ1) is 17.1. The zero-order chi connectivity index (χ0) is 25.9. The van der Waals surface area contributed by atoms with Crippen LogP contribution in [-0.4, -0.2) is 47.1 Å².